The largest absolute Gasteiger partial charge is 0.396 e. The molecule has 0 aromatic heterocycles. The van der Waals surface area contributed by atoms with Crippen molar-refractivity contribution in [3.8, 4) is 0 Å². The van der Waals surface area contributed by atoms with Crippen LogP contribution < -0.4 is 0 Å². The Kier molecular flexibility index (Phi) is 3.26. The van der Waals surface area contributed by atoms with Gasteiger partial charge in [-0.1, -0.05) is 0 Å². The number of fused-ring (bicyclic) bond motifs is 1. The number of piperidine rings is 1. The summed E-state index contributed by atoms with van der Waals surface area (Å²) in [5.74, 6) is 0.643. The summed E-state index contributed by atoms with van der Waals surface area (Å²) >= 11 is 0. The normalized spacial score (nSPS) is 32.5. The lowest BCUT2D eigenvalue weighted by Crippen LogP contribution is -2.57. The summed E-state index contributed by atoms with van der Waals surface area (Å²) in [6.45, 7) is 5.67. The molecule has 0 aliphatic carbocycles. The zero-order valence-corrected chi connectivity index (χ0v) is 9.35. The van der Waals surface area contributed by atoms with Gasteiger partial charge >= 0.3 is 0 Å². The molecule has 2 rings (SSSR count). The number of amides is 1. The Bertz CT molecular complexity index is 245. The van der Waals surface area contributed by atoms with Gasteiger partial charge in [0.25, 0.3) is 0 Å². The second-order valence-corrected chi connectivity index (χ2v) is 4.74. The molecule has 4 heteroatoms. The minimum absolute atomic E-state index is 0.193. The lowest BCUT2D eigenvalue weighted by atomic mass is 9.91. The Balaban J connectivity index is 1.91. The van der Waals surface area contributed by atoms with Gasteiger partial charge in [0.1, 0.15) is 0 Å². The van der Waals surface area contributed by atoms with Crippen LogP contribution in [0.3, 0.4) is 0 Å². The number of aliphatic hydroxyl groups excluding tert-OH is 1. The molecule has 0 radical (unpaired) electrons. The van der Waals surface area contributed by atoms with Crippen LogP contribution in [-0.4, -0.2) is 59.6 Å². The quantitative estimate of drug-likeness (QED) is 0.661. The third kappa shape index (κ3) is 2.32. The van der Waals surface area contributed by atoms with E-state index in [1.165, 1.54) is 0 Å². The molecule has 2 heterocycles. The fraction of sp³-hybridized carbons (Fsp3) is 0.909. The smallest absolute Gasteiger partial charge is 0.219 e. The lowest BCUT2D eigenvalue weighted by molar-refractivity contribution is -0.132. The van der Waals surface area contributed by atoms with E-state index in [2.05, 4.69) is 4.90 Å². The Morgan fingerprint density at radius 2 is 2.13 bits per heavy atom. The van der Waals surface area contributed by atoms with Crippen LogP contribution in [0.5, 0.6) is 0 Å². The number of piperazine rings is 1. The van der Waals surface area contributed by atoms with Crippen molar-refractivity contribution >= 4 is 5.91 Å². The van der Waals surface area contributed by atoms with E-state index in [1.54, 1.807) is 6.92 Å². The standard InChI is InChI=1S/C11H20N2O2/c1-9(15)12-4-5-13-6-10(8-14)2-3-11(13)7-12/h10-11,14H,2-8H2,1H3. The van der Waals surface area contributed by atoms with Crippen LogP contribution in [0.2, 0.25) is 0 Å². The highest BCUT2D eigenvalue weighted by Crippen LogP contribution is 2.24. The molecule has 86 valence electrons. The fourth-order valence-electron chi connectivity index (χ4n) is 2.69. The van der Waals surface area contributed by atoms with E-state index in [0.717, 1.165) is 39.0 Å². The summed E-state index contributed by atoms with van der Waals surface area (Å²) in [5, 5.41) is 9.13. The lowest BCUT2D eigenvalue weighted by Gasteiger charge is -2.45. The highest BCUT2D eigenvalue weighted by molar-refractivity contribution is 5.73. The number of aliphatic hydroxyl groups is 1. The van der Waals surface area contributed by atoms with Crippen molar-refractivity contribution in [3.05, 3.63) is 0 Å². The van der Waals surface area contributed by atoms with Crippen molar-refractivity contribution in [3.63, 3.8) is 0 Å². The van der Waals surface area contributed by atoms with Crippen LogP contribution in [0.1, 0.15) is 19.8 Å². The van der Waals surface area contributed by atoms with E-state index in [4.69, 9.17) is 5.11 Å². The van der Waals surface area contributed by atoms with E-state index in [1.807, 2.05) is 4.90 Å². The average Bonchev–Trinajstić information content (AvgIpc) is 2.27. The Hall–Kier alpha value is -0.610. The number of nitrogens with zero attached hydrogens (tertiary/aromatic N) is 2. The molecule has 2 fully saturated rings. The molecule has 4 nitrogen and oxygen atoms in total. The predicted octanol–water partition coefficient (Wildman–Crippen LogP) is -0.0786. The minimum Gasteiger partial charge on any atom is -0.396 e. The summed E-state index contributed by atoms with van der Waals surface area (Å²) in [6.07, 6.45) is 2.22. The van der Waals surface area contributed by atoms with Crippen molar-refractivity contribution in [2.24, 2.45) is 5.92 Å². The summed E-state index contributed by atoms with van der Waals surface area (Å²) < 4.78 is 0. The van der Waals surface area contributed by atoms with Gasteiger partial charge in [0.2, 0.25) is 5.91 Å². The first-order valence-electron chi connectivity index (χ1n) is 5.81. The first-order chi connectivity index (χ1) is 7.20. The molecule has 2 aliphatic rings. The molecule has 2 saturated heterocycles. The molecule has 0 spiro atoms. The van der Waals surface area contributed by atoms with Gasteiger partial charge in [-0.05, 0) is 18.8 Å². The highest BCUT2D eigenvalue weighted by Gasteiger charge is 2.33. The second-order valence-electron chi connectivity index (χ2n) is 4.74. The van der Waals surface area contributed by atoms with Crippen LogP contribution in [0, 0.1) is 5.92 Å². The average molecular weight is 212 g/mol. The maximum Gasteiger partial charge on any atom is 0.219 e. The molecule has 0 aromatic rings. The predicted molar refractivity (Wildman–Crippen MR) is 57.4 cm³/mol. The van der Waals surface area contributed by atoms with E-state index in [-0.39, 0.29) is 5.91 Å². The van der Waals surface area contributed by atoms with Gasteiger partial charge in [-0.3, -0.25) is 9.69 Å². The van der Waals surface area contributed by atoms with E-state index < -0.39 is 0 Å². The van der Waals surface area contributed by atoms with E-state index in [9.17, 15) is 4.79 Å². The zero-order valence-electron chi connectivity index (χ0n) is 9.35. The van der Waals surface area contributed by atoms with Crippen molar-refractivity contribution < 1.29 is 9.90 Å². The van der Waals surface area contributed by atoms with Crippen LogP contribution in [0.15, 0.2) is 0 Å². The van der Waals surface area contributed by atoms with E-state index >= 15 is 0 Å². The monoisotopic (exact) mass is 212 g/mol. The number of carbonyl (C=O) groups is 1. The number of rotatable bonds is 1. The third-order valence-corrected chi connectivity index (χ3v) is 3.71. The second kappa shape index (κ2) is 4.49. The summed E-state index contributed by atoms with van der Waals surface area (Å²) in [4.78, 5) is 15.6. The minimum atomic E-state index is 0.193. The van der Waals surface area contributed by atoms with Crippen molar-refractivity contribution in [2.75, 3.05) is 32.8 Å². The molecular weight excluding hydrogens is 192 g/mol. The topological polar surface area (TPSA) is 43.8 Å². The Morgan fingerprint density at radius 3 is 2.80 bits per heavy atom. The molecule has 2 atom stereocenters. The molecule has 0 aromatic carbocycles. The van der Waals surface area contributed by atoms with Crippen molar-refractivity contribution in [1.29, 1.82) is 0 Å². The molecule has 2 unspecified atom stereocenters. The van der Waals surface area contributed by atoms with Crippen LogP contribution >= 0.6 is 0 Å². The first-order valence-corrected chi connectivity index (χ1v) is 5.81. The van der Waals surface area contributed by atoms with Gasteiger partial charge in [-0.25, -0.2) is 0 Å². The van der Waals surface area contributed by atoms with Gasteiger partial charge in [-0.2, -0.15) is 0 Å². The fourth-order valence-corrected chi connectivity index (χ4v) is 2.69. The first kappa shape index (κ1) is 10.9. The van der Waals surface area contributed by atoms with Gasteiger partial charge in [-0.15, -0.1) is 0 Å². The molecule has 0 bridgehead atoms. The van der Waals surface area contributed by atoms with Gasteiger partial charge in [0.05, 0.1) is 0 Å². The summed E-state index contributed by atoms with van der Waals surface area (Å²) in [7, 11) is 0. The Morgan fingerprint density at radius 1 is 1.33 bits per heavy atom. The zero-order chi connectivity index (χ0) is 10.8. The Labute approximate surface area is 90.9 Å². The number of carbonyl (C=O) groups excluding carboxylic acids is 1. The van der Waals surface area contributed by atoms with E-state index in [0.29, 0.717) is 18.6 Å². The molecular formula is C11H20N2O2. The molecule has 1 amide bonds. The maximum atomic E-state index is 11.3. The van der Waals surface area contributed by atoms with Crippen molar-refractivity contribution in [2.45, 2.75) is 25.8 Å². The molecule has 15 heavy (non-hydrogen) atoms. The summed E-state index contributed by atoms with van der Waals surface area (Å²) in [5.41, 5.74) is 0. The van der Waals surface area contributed by atoms with Crippen LogP contribution in [0.4, 0.5) is 0 Å². The maximum absolute atomic E-state index is 11.3. The molecule has 0 saturated carbocycles. The van der Waals surface area contributed by atoms with Crippen molar-refractivity contribution in [1.82, 2.24) is 9.80 Å². The van der Waals surface area contributed by atoms with Crippen LogP contribution in [0.25, 0.3) is 0 Å². The van der Waals surface area contributed by atoms with Gasteiger partial charge < -0.3 is 10.0 Å². The third-order valence-electron chi connectivity index (χ3n) is 3.71. The highest BCUT2D eigenvalue weighted by atomic mass is 16.3. The molecule has 1 N–H and O–H groups in total. The van der Waals surface area contributed by atoms with Crippen LogP contribution in [-0.2, 0) is 4.79 Å². The van der Waals surface area contributed by atoms with Gasteiger partial charge in [0.15, 0.2) is 0 Å². The SMILES string of the molecule is CC(=O)N1CCN2CC(CO)CCC2C1. The van der Waals surface area contributed by atoms with Gasteiger partial charge in [0, 0.05) is 45.8 Å². The summed E-state index contributed by atoms with van der Waals surface area (Å²) in [6, 6.07) is 0.533. The molecule has 2 aliphatic heterocycles. The number of hydrogen-bond acceptors (Lipinski definition) is 3. The number of hydrogen-bond donors (Lipinski definition) is 1.